The van der Waals surface area contributed by atoms with Crippen LogP contribution in [0.3, 0.4) is 0 Å². The number of aliphatic hydroxyl groups excluding tert-OH is 1. The van der Waals surface area contributed by atoms with Crippen LogP contribution in [-0.4, -0.2) is 42.7 Å². The zero-order valence-electron chi connectivity index (χ0n) is 14.6. The molecule has 2 atom stereocenters. The number of benzene rings is 1. The van der Waals surface area contributed by atoms with Crippen LogP contribution in [0.25, 0.3) is 0 Å². The van der Waals surface area contributed by atoms with Crippen molar-refractivity contribution in [1.29, 1.82) is 5.26 Å². The Kier molecular flexibility index (Phi) is 4.90. The minimum Gasteiger partial charge on any atom is -0.489 e. The molecule has 7 nitrogen and oxygen atoms in total. The van der Waals surface area contributed by atoms with Crippen molar-refractivity contribution in [3.8, 4) is 11.8 Å². The summed E-state index contributed by atoms with van der Waals surface area (Å²) in [5, 5.41) is 22.3. The van der Waals surface area contributed by atoms with E-state index < -0.39 is 24.0 Å². The number of rotatable bonds is 1. The maximum Gasteiger partial charge on any atom is 0.408 e. The Hall–Kier alpha value is -2.46. The van der Waals surface area contributed by atoms with Gasteiger partial charge in [0.1, 0.15) is 24.0 Å². The molecule has 0 bridgehead atoms. The number of aryl methyl sites for hydroxylation is 1. The number of hydrogen-bond donors (Lipinski definition) is 2. The lowest BCUT2D eigenvalue weighted by Crippen LogP contribution is -2.53. The van der Waals surface area contributed by atoms with Gasteiger partial charge in [0.15, 0.2) is 6.23 Å². The Morgan fingerprint density at radius 2 is 2.17 bits per heavy atom. The molecular weight excluding hydrogens is 310 g/mol. The average Bonchev–Trinajstić information content (AvgIpc) is 2.57. The topological polar surface area (TPSA) is 94.8 Å². The molecule has 1 aliphatic rings. The molecule has 1 heterocycles. The van der Waals surface area contributed by atoms with Crippen molar-refractivity contribution in [3.63, 3.8) is 0 Å². The van der Waals surface area contributed by atoms with Gasteiger partial charge in [-0.2, -0.15) is 5.26 Å². The predicted octanol–water partition coefficient (Wildman–Crippen LogP) is 1.91. The number of amides is 1. The fourth-order valence-corrected chi connectivity index (χ4v) is 2.43. The van der Waals surface area contributed by atoms with Crippen molar-refractivity contribution < 1.29 is 19.4 Å². The molecule has 2 N–H and O–H groups in total. The fraction of sp³-hybridized carbons (Fsp3) is 0.529. The fourth-order valence-electron chi connectivity index (χ4n) is 2.43. The number of carbonyl (C=O) groups is 1. The van der Waals surface area contributed by atoms with Gasteiger partial charge in [0.05, 0.1) is 17.3 Å². The van der Waals surface area contributed by atoms with Gasteiger partial charge in [0, 0.05) is 7.05 Å². The van der Waals surface area contributed by atoms with E-state index in [4.69, 9.17) is 9.47 Å². The van der Waals surface area contributed by atoms with Crippen molar-refractivity contribution in [2.24, 2.45) is 0 Å². The summed E-state index contributed by atoms with van der Waals surface area (Å²) in [5.41, 5.74) is 1.26. The third-order valence-corrected chi connectivity index (χ3v) is 3.68. The van der Waals surface area contributed by atoms with Crippen LogP contribution >= 0.6 is 0 Å². The first-order valence-electron chi connectivity index (χ1n) is 7.70. The normalized spacial score (nSPS) is 20.3. The molecule has 0 aromatic heterocycles. The summed E-state index contributed by atoms with van der Waals surface area (Å²) < 4.78 is 11.0. The van der Waals surface area contributed by atoms with Crippen molar-refractivity contribution in [3.05, 3.63) is 23.3 Å². The lowest BCUT2D eigenvalue weighted by Gasteiger charge is -2.30. The van der Waals surface area contributed by atoms with E-state index in [-0.39, 0.29) is 6.61 Å². The molecule has 0 saturated heterocycles. The molecule has 1 unspecified atom stereocenters. The SMILES string of the molecule is Cc1cc2c(cc1C#N)N(C)C(O)[C@@H](NC(=O)OC(C)(C)C)CO2. The van der Waals surface area contributed by atoms with Gasteiger partial charge in [0.2, 0.25) is 0 Å². The van der Waals surface area contributed by atoms with E-state index in [1.54, 1.807) is 44.9 Å². The lowest BCUT2D eigenvalue weighted by molar-refractivity contribution is 0.0386. The van der Waals surface area contributed by atoms with E-state index in [1.165, 1.54) is 0 Å². The predicted molar refractivity (Wildman–Crippen MR) is 89.0 cm³/mol. The van der Waals surface area contributed by atoms with Crippen LogP contribution in [0.2, 0.25) is 0 Å². The van der Waals surface area contributed by atoms with Gasteiger partial charge in [-0.25, -0.2) is 4.79 Å². The molecule has 130 valence electrons. The molecule has 0 spiro atoms. The van der Waals surface area contributed by atoms with E-state index in [2.05, 4.69) is 11.4 Å². The number of anilines is 1. The zero-order valence-corrected chi connectivity index (χ0v) is 14.6. The van der Waals surface area contributed by atoms with Gasteiger partial charge < -0.3 is 24.8 Å². The molecule has 0 aliphatic carbocycles. The molecule has 0 fully saturated rings. The first-order valence-corrected chi connectivity index (χ1v) is 7.70. The van der Waals surface area contributed by atoms with E-state index in [0.29, 0.717) is 17.0 Å². The van der Waals surface area contributed by atoms with Crippen LogP contribution in [0.15, 0.2) is 12.1 Å². The summed E-state index contributed by atoms with van der Waals surface area (Å²) in [4.78, 5) is 13.5. The zero-order chi connectivity index (χ0) is 18.1. The summed E-state index contributed by atoms with van der Waals surface area (Å²) >= 11 is 0. The smallest absolute Gasteiger partial charge is 0.408 e. The van der Waals surface area contributed by atoms with Crippen LogP contribution in [0.1, 0.15) is 31.9 Å². The van der Waals surface area contributed by atoms with Crippen LogP contribution in [0.4, 0.5) is 10.5 Å². The minimum absolute atomic E-state index is 0.0864. The second-order valence-electron chi connectivity index (χ2n) is 6.83. The summed E-state index contributed by atoms with van der Waals surface area (Å²) in [5.74, 6) is 0.557. The Morgan fingerprint density at radius 3 is 2.75 bits per heavy atom. The van der Waals surface area contributed by atoms with Gasteiger partial charge in [-0.15, -0.1) is 0 Å². The van der Waals surface area contributed by atoms with E-state index in [9.17, 15) is 15.2 Å². The Labute approximate surface area is 141 Å². The number of nitrogens with one attached hydrogen (secondary N) is 1. The van der Waals surface area contributed by atoms with Crippen molar-refractivity contribution in [2.75, 3.05) is 18.6 Å². The molecule has 1 aromatic carbocycles. The van der Waals surface area contributed by atoms with Gasteiger partial charge >= 0.3 is 6.09 Å². The molecule has 2 rings (SSSR count). The molecule has 0 radical (unpaired) electrons. The minimum atomic E-state index is -1.02. The monoisotopic (exact) mass is 333 g/mol. The maximum atomic E-state index is 12.0. The lowest BCUT2D eigenvalue weighted by atomic mass is 10.1. The molecule has 1 aromatic rings. The quantitative estimate of drug-likeness (QED) is 0.815. The first kappa shape index (κ1) is 17.9. The summed E-state index contributed by atoms with van der Waals surface area (Å²) in [6, 6.07) is 4.87. The second-order valence-corrected chi connectivity index (χ2v) is 6.83. The number of likely N-dealkylation sites (N-methyl/N-ethyl adjacent to an activating group) is 1. The first-order chi connectivity index (χ1) is 11.1. The van der Waals surface area contributed by atoms with Crippen LogP contribution in [0.5, 0.6) is 5.75 Å². The number of nitrogens with zero attached hydrogens (tertiary/aromatic N) is 2. The maximum absolute atomic E-state index is 12.0. The van der Waals surface area contributed by atoms with Crippen molar-refractivity contribution in [2.45, 2.75) is 45.6 Å². The van der Waals surface area contributed by atoms with Crippen LogP contribution in [-0.2, 0) is 4.74 Å². The highest BCUT2D eigenvalue weighted by Crippen LogP contribution is 2.34. The highest BCUT2D eigenvalue weighted by molar-refractivity contribution is 5.69. The van der Waals surface area contributed by atoms with Crippen molar-refractivity contribution in [1.82, 2.24) is 5.32 Å². The number of alkyl carbamates (subject to hydrolysis) is 1. The van der Waals surface area contributed by atoms with Gasteiger partial charge in [-0.05, 0) is 45.4 Å². The molecule has 1 amide bonds. The Balaban J connectivity index is 2.22. The highest BCUT2D eigenvalue weighted by Gasteiger charge is 2.32. The Morgan fingerprint density at radius 1 is 1.50 bits per heavy atom. The number of fused-ring (bicyclic) bond motifs is 1. The summed E-state index contributed by atoms with van der Waals surface area (Å²) in [6.45, 7) is 7.20. The third kappa shape index (κ3) is 3.89. The van der Waals surface area contributed by atoms with Crippen molar-refractivity contribution >= 4 is 11.8 Å². The summed E-state index contributed by atoms with van der Waals surface area (Å²) in [6.07, 6.45) is -1.64. The highest BCUT2D eigenvalue weighted by atomic mass is 16.6. The number of nitriles is 1. The van der Waals surface area contributed by atoms with E-state index in [1.807, 2.05) is 6.92 Å². The number of hydrogen-bond acceptors (Lipinski definition) is 6. The van der Waals surface area contributed by atoms with Crippen LogP contribution < -0.4 is 15.0 Å². The third-order valence-electron chi connectivity index (χ3n) is 3.68. The average molecular weight is 333 g/mol. The Bertz CT molecular complexity index is 676. The second kappa shape index (κ2) is 6.57. The van der Waals surface area contributed by atoms with E-state index in [0.717, 1.165) is 5.56 Å². The molecular formula is C17H23N3O4. The van der Waals surface area contributed by atoms with E-state index >= 15 is 0 Å². The molecule has 0 saturated carbocycles. The van der Waals surface area contributed by atoms with Gasteiger partial charge in [-0.1, -0.05) is 0 Å². The number of carbonyl (C=O) groups excluding carboxylic acids is 1. The molecule has 1 aliphatic heterocycles. The molecule has 24 heavy (non-hydrogen) atoms. The largest absolute Gasteiger partial charge is 0.489 e. The standard InChI is InChI=1S/C17H23N3O4/c1-10-6-14-13(7-11(10)8-18)20(5)15(21)12(9-23-14)19-16(22)24-17(2,3)4/h6-7,12,15,21H,9H2,1-5H3,(H,19,22)/t12-,15?/m0/s1. The van der Waals surface area contributed by atoms with Gasteiger partial charge in [0.25, 0.3) is 0 Å². The van der Waals surface area contributed by atoms with Crippen LogP contribution in [0, 0.1) is 18.3 Å². The number of aliphatic hydroxyl groups is 1. The summed E-state index contributed by atoms with van der Waals surface area (Å²) in [7, 11) is 1.68. The van der Waals surface area contributed by atoms with Gasteiger partial charge in [-0.3, -0.25) is 0 Å². The number of ether oxygens (including phenoxy) is 2. The molecule has 7 heteroatoms.